The van der Waals surface area contributed by atoms with Gasteiger partial charge < -0.3 is 33.5 Å². The van der Waals surface area contributed by atoms with Gasteiger partial charge in [0.2, 0.25) is 12.4 Å². The van der Waals surface area contributed by atoms with Crippen LogP contribution in [0.2, 0.25) is 0 Å². The number of carbonyl (C=O) groups is 4. The van der Waals surface area contributed by atoms with E-state index in [1.807, 2.05) is 0 Å². The molecule has 1 saturated heterocycles. The second-order valence-corrected chi connectivity index (χ2v) is 6.99. The third-order valence-corrected chi connectivity index (χ3v) is 4.31. The molecule has 0 aliphatic carbocycles. The van der Waals surface area contributed by atoms with Gasteiger partial charge in [-0.2, -0.15) is 0 Å². The van der Waals surface area contributed by atoms with Gasteiger partial charge in [0, 0.05) is 27.7 Å². The number of hydrogen-bond donors (Lipinski definition) is 1. The van der Waals surface area contributed by atoms with Crippen molar-refractivity contribution in [1.29, 1.82) is 0 Å². The highest BCUT2D eigenvalue weighted by molar-refractivity contribution is 5.68. The summed E-state index contributed by atoms with van der Waals surface area (Å²) >= 11 is 0. The van der Waals surface area contributed by atoms with Crippen molar-refractivity contribution in [3.05, 3.63) is 29.8 Å². The van der Waals surface area contributed by atoms with E-state index in [1.54, 1.807) is 24.3 Å². The number of rotatable bonds is 8. The first kappa shape index (κ1) is 25.1. The number of aliphatic hydroxyl groups excluding tert-OH is 1. The van der Waals surface area contributed by atoms with E-state index in [-0.39, 0.29) is 13.2 Å². The monoisotopic (exact) mass is 454 g/mol. The van der Waals surface area contributed by atoms with Crippen LogP contribution in [0.1, 0.15) is 33.3 Å². The molecular formula is C21H26O11. The van der Waals surface area contributed by atoms with Crippen molar-refractivity contribution in [2.75, 3.05) is 6.61 Å². The van der Waals surface area contributed by atoms with Gasteiger partial charge in [-0.25, -0.2) is 0 Å². The Hall–Kier alpha value is -3.18. The Kier molecular flexibility index (Phi) is 8.97. The molecule has 176 valence electrons. The number of benzene rings is 1. The lowest BCUT2D eigenvalue weighted by molar-refractivity contribution is -0.288. The van der Waals surface area contributed by atoms with Gasteiger partial charge in [-0.3, -0.25) is 19.2 Å². The summed E-state index contributed by atoms with van der Waals surface area (Å²) in [4.78, 5) is 46.6. The number of carbonyl (C=O) groups excluding carboxylic acids is 4. The standard InChI is InChI=1S/C21H26O11/c1-11(23)27-10-17-18(28-12(2)24)19(29-13(3)25)20(30-14(4)26)21(32-17)31-16-7-5-15(9-22)6-8-16/h5-8,17-22H,9-10H2,1-4H3/t17?,18-,19?,20-,21+/m0/s1. The highest BCUT2D eigenvalue weighted by atomic mass is 16.7. The van der Waals surface area contributed by atoms with Crippen molar-refractivity contribution < 1.29 is 52.7 Å². The summed E-state index contributed by atoms with van der Waals surface area (Å²) in [6.45, 7) is 4.09. The second kappa shape index (κ2) is 11.4. The second-order valence-electron chi connectivity index (χ2n) is 6.99. The first-order valence-corrected chi connectivity index (χ1v) is 9.77. The summed E-state index contributed by atoms with van der Waals surface area (Å²) in [5.74, 6) is -2.49. The van der Waals surface area contributed by atoms with Crippen LogP contribution < -0.4 is 4.74 Å². The van der Waals surface area contributed by atoms with Gasteiger partial charge in [0.15, 0.2) is 12.2 Å². The maximum absolute atomic E-state index is 11.8. The Bertz CT molecular complexity index is 820. The van der Waals surface area contributed by atoms with Crippen LogP contribution in [0.25, 0.3) is 0 Å². The summed E-state index contributed by atoms with van der Waals surface area (Å²) in [7, 11) is 0. The molecule has 0 aromatic heterocycles. The fourth-order valence-electron chi connectivity index (χ4n) is 3.09. The quantitative estimate of drug-likeness (QED) is 0.436. The van der Waals surface area contributed by atoms with Crippen molar-refractivity contribution in [1.82, 2.24) is 0 Å². The average molecular weight is 454 g/mol. The van der Waals surface area contributed by atoms with Gasteiger partial charge in [0.25, 0.3) is 0 Å². The van der Waals surface area contributed by atoms with Gasteiger partial charge >= 0.3 is 23.9 Å². The molecule has 32 heavy (non-hydrogen) atoms. The van der Waals surface area contributed by atoms with E-state index in [0.29, 0.717) is 11.3 Å². The number of aliphatic hydroxyl groups is 1. The Morgan fingerprint density at radius 2 is 1.34 bits per heavy atom. The first-order chi connectivity index (χ1) is 15.1. The zero-order valence-electron chi connectivity index (χ0n) is 18.1. The van der Waals surface area contributed by atoms with Crippen molar-refractivity contribution in [3.63, 3.8) is 0 Å². The summed E-state index contributed by atoms with van der Waals surface area (Å²) in [5.41, 5.74) is 0.638. The molecule has 1 aliphatic rings. The fourth-order valence-corrected chi connectivity index (χ4v) is 3.09. The van der Waals surface area contributed by atoms with Crippen LogP contribution in [-0.2, 0) is 49.5 Å². The van der Waals surface area contributed by atoms with Crippen LogP contribution in [0.5, 0.6) is 5.75 Å². The summed E-state index contributed by atoms with van der Waals surface area (Å²) in [5, 5.41) is 9.20. The molecule has 1 fully saturated rings. The largest absolute Gasteiger partial charge is 0.463 e. The fraction of sp³-hybridized carbons (Fsp3) is 0.524. The summed E-state index contributed by atoms with van der Waals surface area (Å²) < 4.78 is 32.6. The Morgan fingerprint density at radius 3 is 1.84 bits per heavy atom. The minimum absolute atomic E-state index is 0.167. The maximum atomic E-state index is 11.8. The number of hydrogen-bond acceptors (Lipinski definition) is 11. The van der Waals surface area contributed by atoms with Crippen molar-refractivity contribution in [3.8, 4) is 5.75 Å². The van der Waals surface area contributed by atoms with Crippen molar-refractivity contribution >= 4 is 23.9 Å². The molecule has 0 radical (unpaired) electrons. The SMILES string of the molecule is CC(=O)OCC1O[C@@H](Oc2ccc(CO)cc2)[C@@H](OC(C)=O)C(OC(C)=O)[C@H]1OC(C)=O. The summed E-state index contributed by atoms with van der Waals surface area (Å²) in [6.07, 6.45) is -6.28. The van der Waals surface area contributed by atoms with Crippen LogP contribution >= 0.6 is 0 Å². The number of ether oxygens (including phenoxy) is 6. The lowest BCUT2D eigenvalue weighted by Gasteiger charge is -2.43. The van der Waals surface area contributed by atoms with Crippen molar-refractivity contribution in [2.24, 2.45) is 0 Å². The minimum Gasteiger partial charge on any atom is -0.463 e. The zero-order chi connectivity index (χ0) is 23.8. The number of esters is 4. The van der Waals surface area contributed by atoms with Gasteiger partial charge in [0.1, 0.15) is 18.5 Å². The highest BCUT2D eigenvalue weighted by Gasteiger charge is 2.53. The maximum Gasteiger partial charge on any atom is 0.303 e. The van der Waals surface area contributed by atoms with Gasteiger partial charge in [-0.1, -0.05) is 12.1 Å². The van der Waals surface area contributed by atoms with E-state index in [0.717, 1.165) is 20.8 Å². The van der Waals surface area contributed by atoms with Crippen LogP contribution in [0.4, 0.5) is 0 Å². The molecule has 1 heterocycles. The third kappa shape index (κ3) is 7.20. The van der Waals surface area contributed by atoms with Crippen LogP contribution in [0.3, 0.4) is 0 Å². The van der Waals surface area contributed by atoms with Gasteiger partial charge in [0.05, 0.1) is 6.61 Å². The molecule has 1 aliphatic heterocycles. The van der Waals surface area contributed by atoms with E-state index in [4.69, 9.17) is 28.4 Å². The van der Waals surface area contributed by atoms with Crippen molar-refractivity contribution in [2.45, 2.75) is 65.0 Å². The van der Waals surface area contributed by atoms with E-state index >= 15 is 0 Å². The predicted octanol–water partition coefficient (Wildman–Crippen LogP) is 0.641. The Balaban J connectivity index is 2.42. The van der Waals surface area contributed by atoms with Crippen LogP contribution in [0.15, 0.2) is 24.3 Å². The van der Waals surface area contributed by atoms with Crippen LogP contribution in [0, 0.1) is 0 Å². The molecular weight excluding hydrogens is 428 g/mol. The Labute approximate surface area is 184 Å². The predicted molar refractivity (Wildman–Crippen MR) is 105 cm³/mol. The average Bonchev–Trinajstić information content (AvgIpc) is 2.70. The molecule has 1 aromatic carbocycles. The molecule has 11 heteroatoms. The first-order valence-electron chi connectivity index (χ1n) is 9.77. The molecule has 0 bridgehead atoms. The van der Waals surface area contributed by atoms with Gasteiger partial charge in [-0.15, -0.1) is 0 Å². The van der Waals surface area contributed by atoms with E-state index in [9.17, 15) is 24.3 Å². The third-order valence-electron chi connectivity index (χ3n) is 4.31. The molecule has 1 N–H and O–H groups in total. The lowest BCUT2D eigenvalue weighted by atomic mass is 9.98. The van der Waals surface area contributed by atoms with Gasteiger partial charge in [-0.05, 0) is 17.7 Å². The molecule has 5 atom stereocenters. The molecule has 2 unspecified atom stereocenters. The molecule has 0 spiro atoms. The molecule has 11 nitrogen and oxygen atoms in total. The molecule has 0 amide bonds. The molecule has 0 saturated carbocycles. The minimum atomic E-state index is -1.31. The molecule has 2 rings (SSSR count). The van der Waals surface area contributed by atoms with E-state index in [2.05, 4.69) is 0 Å². The van der Waals surface area contributed by atoms with E-state index in [1.165, 1.54) is 6.92 Å². The topological polar surface area (TPSA) is 144 Å². The summed E-state index contributed by atoms with van der Waals surface area (Å²) in [6, 6.07) is 6.33. The molecule has 1 aromatic rings. The van der Waals surface area contributed by atoms with E-state index < -0.39 is 54.6 Å². The smallest absolute Gasteiger partial charge is 0.303 e. The van der Waals surface area contributed by atoms with Crippen LogP contribution in [-0.4, -0.2) is 66.3 Å². The zero-order valence-corrected chi connectivity index (χ0v) is 18.1. The lowest BCUT2D eigenvalue weighted by Crippen LogP contribution is -2.63. The Morgan fingerprint density at radius 1 is 0.812 bits per heavy atom. The normalized spacial score (nSPS) is 24.7. The highest BCUT2D eigenvalue weighted by Crippen LogP contribution is 2.31.